The summed E-state index contributed by atoms with van der Waals surface area (Å²) in [7, 11) is 0. The second-order valence-electron chi connectivity index (χ2n) is 2.51. The van der Waals surface area contributed by atoms with Crippen molar-refractivity contribution in [3.8, 4) is 12.1 Å². The van der Waals surface area contributed by atoms with E-state index >= 15 is 0 Å². The van der Waals surface area contributed by atoms with Gasteiger partial charge in [0.15, 0.2) is 23.7 Å². The van der Waals surface area contributed by atoms with Gasteiger partial charge in [0, 0.05) is 0 Å². The topological polar surface area (TPSA) is 47.6 Å². The van der Waals surface area contributed by atoms with E-state index in [0.717, 1.165) is 12.1 Å². The molecular weight excluding hydrogens is 200 g/mol. The third-order valence-electron chi connectivity index (χ3n) is 1.73. The van der Waals surface area contributed by atoms with Gasteiger partial charge in [-0.1, -0.05) is 0 Å². The molecule has 0 N–H and O–H groups in total. The number of hydrogen-bond donors (Lipinski definition) is 0. The first-order valence-electron chi connectivity index (χ1n) is 3.43. The zero-order chi connectivity index (χ0) is 10.9. The van der Waals surface area contributed by atoms with Crippen LogP contribution in [0.2, 0.25) is 0 Å². The quantitative estimate of drug-likeness (QED) is 0.566. The van der Waals surface area contributed by atoms with Crippen molar-refractivity contribution in [1.29, 1.82) is 10.5 Å². The van der Waals surface area contributed by atoms with Crippen LogP contribution in [-0.4, -0.2) is 6.17 Å². The van der Waals surface area contributed by atoms with Crippen LogP contribution in [0.4, 0.5) is 17.6 Å². The molecule has 6 heteroatoms. The molecule has 0 amide bonds. The fraction of sp³-hybridized carbons (Fsp3) is 0.250. The lowest BCUT2D eigenvalue weighted by molar-refractivity contribution is 0.250. The number of rotatable bonds is 0. The molecule has 0 fully saturated rings. The average Bonchev–Trinajstić information content (AvgIpc) is 2.17. The maximum absolute atomic E-state index is 12.9. The molecule has 0 radical (unpaired) electrons. The van der Waals surface area contributed by atoms with Crippen LogP contribution in [0, 0.1) is 28.6 Å². The van der Waals surface area contributed by atoms with E-state index in [-0.39, 0.29) is 0 Å². The Morgan fingerprint density at radius 2 is 1.64 bits per heavy atom. The van der Waals surface area contributed by atoms with Crippen LogP contribution >= 0.6 is 0 Å². The first-order chi connectivity index (χ1) is 6.54. The fourth-order valence-corrected chi connectivity index (χ4v) is 0.998. The zero-order valence-electron chi connectivity index (χ0n) is 6.56. The predicted octanol–water partition coefficient (Wildman–Crippen LogP) is 2.38. The van der Waals surface area contributed by atoms with Gasteiger partial charge in [-0.2, -0.15) is 10.5 Å². The van der Waals surface area contributed by atoms with Crippen LogP contribution < -0.4 is 0 Å². The Kier molecular flexibility index (Phi) is 2.57. The van der Waals surface area contributed by atoms with E-state index in [9.17, 15) is 17.6 Å². The number of nitrogens with zero attached hydrogens (tertiary/aromatic N) is 2. The van der Waals surface area contributed by atoms with Crippen LogP contribution in [0.3, 0.4) is 0 Å². The third kappa shape index (κ3) is 1.25. The highest BCUT2D eigenvalue weighted by atomic mass is 19.2. The third-order valence-corrected chi connectivity index (χ3v) is 1.73. The van der Waals surface area contributed by atoms with E-state index in [2.05, 4.69) is 0 Å². The van der Waals surface area contributed by atoms with E-state index in [4.69, 9.17) is 10.5 Å². The Hall–Kier alpha value is -1.82. The van der Waals surface area contributed by atoms with Gasteiger partial charge in [-0.25, -0.2) is 17.6 Å². The van der Waals surface area contributed by atoms with Gasteiger partial charge in [0.05, 0.1) is 6.07 Å². The van der Waals surface area contributed by atoms with Crippen molar-refractivity contribution in [3.05, 3.63) is 23.1 Å². The van der Waals surface area contributed by atoms with E-state index < -0.39 is 35.1 Å². The molecule has 72 valence electrons. The van der Waals surface area contributed by atoms with E-state index in [0.29, 0.717) is 0 Å². The molecule has 1 aliphatic carbocycles. The van der Waals surface area contributed by atoms with E-state index in [1.54, 1.807) is 0 Å². The summed E-state index contributed by atoms with van der Waals surface area (Å²) in [5, 5.41) is 16.4. The van der Waals surface area contributed by atoms with Crippen molar-refractivity contribution in [2.75, 3.05) is 0 Å². The maximum atomic E-state index is 12.9. The Bertz CT molecular complexity index is 410. The Balaban J connectivity index is 3.35. The van der Waals surface area contributed by atoms with Crippen molar-refractivity contribution in [2.45, 2.75) is 6.17 Å². The van der Waals surface area contributed by atoms with Crippen molar-refractivity contribution >= 4 is 0 Å². The molecule has 2 unspecified atom stereocenters. The summed E-state index contributed by atoms with van der Waals surface area (Å²) in [4.78, 5) is 0. The minimum Gasteiger partial charge on any atom is -0.238 e. The minimum atomic E-state index is -2.62. The van der Waals surface area contributed by atoms with Gasteiger partial charge in [0.1, 0.15) is 17.6 Å². The summed E-state index contributed by atoms with van der Waals surface area (Å²) in [6, 6.07) is 2.07. The molecule has 0 aromatic rings. The molecule has 0 aliphatic heterocycles. The normalized spacial score (nSPS) is 27.3. The molecule has 2 nitrogen and oxygen atoms in total. The number of alkyl halides is 1. The molecule has 0 saturated carbocycles. The van der Waals surface area contributed by atoms with Crippen LogP contribution in [0.1, 0.15) is 0 Å². The number of allylic oxidation sites excluding steroid dienone is 4. The highest BCUT2D eigenvalue weighted by molar-refractivity contribution is 5.48. The Labute approximate surface area is 76.4 Å². The first kappa shape index (κ1) is 10.3. The molecule has 2 atom stereocenters. The van der Waals surface area contributed by atoms with Gasteiger partial charge in [-0.3, -0.25) is 0 Å². The molecule has 0 aromatic heterocycles. The molecule has 0 aromatic carbocycles. The standard InChI is InChI=1S/C8H2F4N2/c9-5-3(1-13)6(10)8(12)4(2-14)7(5)11/h3,5H. The molecule has 0 saturated heterocycles. The van der Waals surface area contributed by atoms with Gasteiger partial charge in [-0.05, 0) is 0 Å². The lowest BCUT2D eigenvalue weighted by Gasteiger charge is -2.17. The van der Waals surface area contributed by atoms with E-state index in [1.165, 1.54) is 0 Å². The second kappa shape index (κ2) is 3.51. The van der Waals surface area contributed by atoms with Crippen molar-refractivity contribution < 1.29 is 17.6 Å². The molecule has 0 heterocycles. The van der Waals surface area contributed by atoms with Gasteiger partial charge >= 0.3 is 0 Å². The molecule has 0 bridgehead atoms. The zero-order valence-corrected chi connectivity index (χ0v) is 6.56. The first-order valence-corrected chi connectivity index (χ1v) is 3.43. The van der Waals surface area contributed by atoms with Crippen LogP contribution in [0.5, 0.6) is 0 Å². The molecule has 14 heavy (non-hydrogen) atoms. The minimum absolute atomic E-state index is 0.991. The summed E-state index contributed by atoms with van der Waals surface area (Å²) >= 11 is 0. The van der Waals surface area contributed by atoms with Crippen molar-refractivity contribution in [2.24, 2.45) is 5.92 Å². The second-order valence-corrected chi connectivity index (χ2v) is 2.51. The maximum Gasteiger partial charge on any atom is 0.176 e. The van der Waals surface area contributed by atoms with Gasteiger partial charge < -0.3 is 0 Å². The summed E-state index contributed by atoms with van der Waals surface area (Å²) < 4.78 is 51.2. The average molecular weight is 202 g/mol. The summed E-state index contributed by atoms with van der Waals surface area (Å²) in [6.07, 6.45) is -2.62. The lowest BCUT2D eigenvalue weighted by Crippen LogP contribution is -2.22. The number of halogens is 4. The smallest absolute Gasteiger partial charge is 0.176 e. The largest absolute Gasteiger partial charge is 0.238 e. The molecular formula is C8H2F4N2. The molecule has 1 rings (SSSR count). The molecule has 1 aliphatic rings. The Morgan fingerprint density at radius 1 is 1.07 bits per heavy atom. The van der Waals surface area contributed by atoms with Gasteiger partial charge in [-0.15, -0.1) is 0 Å². The van der Waals surface area contributed by atoms with Crippen LogP contribution in [0.25, 0.3) is 0 Å². The highest BCUT2D eigenvalue weighted by Crippen LogP contribution is 2.38. The SMILES string of the molecule is N#CC1=C(F)C(F)C(C#N)C(F)=C1F. The van der Waals surface area contributed by atoms with Crippen molar-refractivity contribution in [1.82, 2.24) is 0 Å². The number of nitriles is 2. The predicted molar refractivity (Wildman–Crippen MR) is 37.0 cm³/mol. The summed E-state index contributed by atoms with van der Waals surface area (Å²) in [6.45, 7) is 0. The van der Waals surface area contributed by atoms with E-state index in [1.807, 2.05) is 0 Å². The fourth-order valence-electron chi connectivity index (χ4n) is 0.998. The van der Waals surface area contributed by atoms with Crippen molar-refractivity contribution in [3.63, 3.8) is 0 Å². The highest BCUT2D eigenvalue weighted by Gasteiger charge is 2.40. The monoisotopic (exact) mass is 202 g/mol. The lowest BCUT2D eigenvalue weighted by atomic mass is 9.93. The summed E-state index contributed by atoms with van der Waals surface area (Å²) in [5.41, 5.74) is -1.32. The van der Waals surface area contributed by atoms with Gasteiger partial charge in [0.2, 0.25) is 0 Å². The molecule has 0 spiro atoms. The van der Waals surface area contributed by atoms with Gasteiger partial charge in [0.25, 0.3) is 0 Å². The Morgan fingerprint density at radius 3 is 2.07 bits per heavy atom. The number of hydrogen-bond acceptors (Lipinski definition) is 2. The van der Waals surface area contributed by atoms with Crippen LogP contribution in [-0.2, 0) is 0 Å². The summed E-state index contributed by atoms with van der Waals surface area (Å²) in [5.74, 6) is -7.42. The van der Waals surface area contributed by atoms with Crippen LogP contribution in [0.15, 0.2) is 23.1 Å².